The van der Waals surface area contributed by atoms with Crippen LogP contribution >= 0.6 is 0 Å². The Balaban J connectivity index is 2.16. The van der Waals surface area contributed by atoms with E-state index in [1.54, 1.807) is 6.20 Å². The third kappa shape index (κ3) is 2.51. The molecule has 4 nitrogen and oxygen atoms in total. The van der Waals surface area contributed by atoms with Gasteiger partial charge in [-0.3, -0.25) is 4.79 Å². The number of aromatic nitrogens is 1. The molecule has 0 spiro atoms. The van der Waals surface area contributed by atoms with E-state index in [0.29, 0.717) is 12.0 Å². The van der Waals surface area contributed by atoms with Crippen LogP contribution in [0.1, 0.15) is 30.1 Å². The molecule has 1 atom stereocenters. The van der Waals surface area contributed by atoms with Gasteiger partial charge in [0.15, 0.2) is 0 Å². The van der Waals surface area contributed by atoms with Gasteiger partial charge in [0.2, 0.25) is 0 Å². The minimum absolute atomic E-state index is 0.0782. The molecule has 92 valence electrons. The van der Waals surface area contributed by atoms with Crippen molar-refractivity contribution in [3.05, 3.63) is 42.2 Å². The lowest BCUT2D eigenvalue weighted by atomic mass is 10.1. The first kappa shape index (κ1) is 12.2. The lowest BCUT2D eigenvalue weighted by Crippen LogP contribution is -2.33. The number of rotatable bonds is 4. The number of carbonyl (C=O) groups excluding carboxylic acids is 1. The average molecular weight is 241 g/mol. The molecular weight excluding hydrogens is 226 g/mol. The highest BCUT2D eigenvalue weighted by Crippen LogP contribution is 2.10. The molecule has 0 aromatic carbocycles. The molecule has 0 fully saturated rings. The van der Waals surface area contributed by atoms with Crippen molar-refractivity contribution >= 4 is 11.4 Å². The predicted octanol–water partition coefficient (Wildman–Crippen LogP) is 2.36. The van der Waals surface area contributed by atoms with Crippen LogP contribution in [0.3, 0.4) is 0 Å². The second kappa shape index (κ2) is 5.37. The van der Waals surface area contributed by atoms with Crippen molar-refractivity contribution in [1.82, 2.24) is 9.72 Å². The minimum Gasteiger partial charge on any atom is -0.348 e. The summed E-state index contributed by atoms with van der Waals surface area (Å²) in [6.45, 7) is 1.96. The van der Waals surface area contributed by atoms with Crippen LogP contribution in [0.4, 0.5) is 0 Å². The number of carbonyl (C=O) groups is 1. The molecule has 1 N–H and O–H groups in total. The van der Waals surface area contributed by atoms with Gasteiger partial charge in [0, 0.05) is 24.0 Å². The number of amides is 1. The van der Waals surface area contributed by atoms with E-state index in [0.717, 1.165) is 11.9 Å². The van der Waals surface area contributed by atoms with Crippen molar-refractivity contribution in [2.75, 3.05) is 0 Å². The summed E-state index contributed by atoms with van der Waals surface area (Å²) >= 11 is 0. The van der Waals surface area contributed by atoms with Crippen molar-refractivity contribution in [2.45, 2.75) is 25.8 Å². The molecule has 2 aromatic heterocycles. The maximum atomic E-state index is 12.0. The van der Waals surface area contributed by atoms with Gasteiger partial charge in [-0.15, -0.1) is 0 Å². The Kier molecular flexibility index (Phi) is 3.63. The molecule has 1 amide bonds. The Bertz CT molecular complexity index is 561. The summed E-state index contributed by atoms with van der Waals surface area (Å²) in [5.41, 5.74) is 1.61. The first-order chi connectivity index (χ1) is 8.74. The van der Waals surface area contributed by atoms with Crippen molar-refractivity contribution in [3.63, 3.8) is 0 Å². The Morgan fingerprint density at radius 2 is 2.39 bits per heavy atom. The fraction of sp³-hybridized carbons (Fsp3) is 0.286. The molecule has 4 heteroatoms. The van der Waals surface area contributed by atoms with Gasteiger partial charge in [0.1, 0.15) is 0 Å². The average Bonchev–Trinajstić information content (AvgIpc) is 2.82. The van der Waals surface area contributed by atoms with E-state index in [1.807, 2.05) is 41.8 Å². The summed E-state index contributed by atoms with van der Waals surface area (Å²) in [5.74, 6) is -0.124. The van der Waals surface area contributed by atoms with Crippen LogP contribution in [-0.4, -0.2) is 16.3 Å². The van der Waals surface area contributed by atoms with Gasteiger partial charge in [0.05, 0.1) is 18.1 Å². The molecular formula is C14H15N3O. The molecule has 0 bridgehead atoms. The van der Waals surface area contributed by atoms with E-state index in [9.17, 15) is 4.79 Å². The van der Waals surface area contributed by atoms with Crippen LogP contribution in [0.25, 0.3) is 5.52 Å². The van der Waals surface area contributed by atoms with E-state index in [2.05, 4.69) is 11.4 Å². The zero-order valence-corrected chi connectivity index (χ0v) is 10.3. The van der Waals surface area contributed by atoms with Gasteiger partial charge in [-0.1, -0.05) is 13.0 Å². The lowest BCUT2D eigenvalue weighted by Gasteiger charge is -2.12. The zero-order chi connectivity index (χ0) is 13.0. The Morgan fingerprint density at radius 1 is 1.56 bits per heavy atom. The van der Waals surface area contributed by atoms with Gasteiger partial charge >= 0.3 is 0 Å². The number of nitrogens with zero attached hydrogens (tertiary/aromatic N) is 2. The molecule has 0 unspecified atom stereocenters. The lowest BCUT2D eigenvalue weighted by molar-refractivity contribution is 0.0937. The van der Waals surface area contributed by atoms with E-state index < -0.39 is 0 Å². The summed E-state index contributed by atoms with van der Waals surface area (Å²) in [5, 5.41) is 11.5. The molecule has 0 saturated carbocycles. The minimum atomic E-state index is -0.124. The highest BCUT2D eigenvalue weighted by Gasteiger charge is 2.13. The zero-order valence-electron chi connectivity index (χ0n) is 10.3. The summed E-state index contributed by atoms with van der Waals surface area (Å²) in [6.07, 6.45) is 4.80. The highest BCUT2D eigenvalue weighted by atomic mass is 16.1. The molecule has 0 aliphatic rings. The quantitative estimate of drug-likeness (QED) is 0.893. The molecule has 2 aromatic rings. The van der Waals surface area contributed by atoms with Crippen molar-refractivity contribution in [2.24, 2.45) is 0 Å². The molecule has 2 rings (SSSR count). The second-order valence-electron chi connectivity index (χ2n) is 4.20. The van der Waals surface area contributed by atoms with Crippen LogP contribution in [0, 0.1) is 11.3 Å². The maximum Gasteiger partial charge on any atom is 0.253 e. The normalized spacial score (nSPS) is 12.0. The van der Waals surface area contributed by atoms with E-state index in [-0.39, 0.29) is 11.9 Å². The van der Waals surface area contributed by atoms with Gasteiger partial charge in [0.25, 0.3) is 5.91 Å². The van der Waals surface area contributed by atoms with Crippen LogP contribution < -0.4 is 5.32 Å². The third-order valence-corrected chi connectivity index (χ3v) is 2.93. The molecule has 18 heavy (non-hydrogen) atoms. The monoisotopic (exact) mass is 241 g/mol. The second-order valence-corrected chi connectivity index (χ2v) is 4.20. The number of pyridine rings is 1. The van der Waals surface area contributed by atoms with E-state index >= 15 is 0 Å². The number of hydrogen-bond acceptors (Lipinski definition) is 2. The van der Waals surface area contributed by atoms with Crippen LogP contribution in [-0.2, 0) is 0 Å². The van der Waals surface area contributed by atoms with Gasteiger partial charge in [-0.2, -0.15) is 5.26 Å². The molecule has 0 aliphatic carbocycles. The number of nitriles is 1. The number of nitrogens with one attached hydrogen (secondary N) is 1. The third-order valence-electron chi connectivity index (χ3n) is 2.93. The van der Waals surface area contributed by atoms with Gasteiger partial charge in [-0.25, -0.2) is 0 Å². The standard InChI is InChI=1S/C14H15N3O/c1-2-12(6-7-15)16-14(18)11-9-13-5-3-4-8-17(13)10-11/h3-5,8-10,12H,2,6H2,1H3,(H,16,18)/t12-/m0/s1. The van der Waals surface area contributed by atoms with Crippen LogP contribution in [0.15, 0.2) is 36.7 Å². The summed E-state index contributed by atoms with van der Waals surface area (Å²) in [4.78, 5) is 12.0. The number of fused-ring (bicyclic) bond motifs is 1. The van der Waals surface area contributed by atoms with Gasteiger partial charge in [-0.05, 0) is 24.6 Å². The van der Waals surface area contributed by atoms with Crippen LogP contribution in [0.5, 0.6) is 0 Å². The van der Waals surface area contributed by atoms with Crippen molar-refractivity contribution < 1.29 is 4.79 Å². The van der Waals surface area contributed by atoms with Crippen LogP contribution in [0.2, 0.25) is 0 Å². The Morgan fingerprint density at radius 3 is 3.06 bits per heavy atom. The smallest absolute Gasteiger partial charge is 0.253 e. The molecule has 0 aliphatic heterocycles. The van der Waals surface area contributed by atoms with Crippen molar-refractivity contribution in [3.8, 4) is 6.07 Å². The first-order valence-electron chi connectivity index (χ1n) is 5.99. The maximum absolute atomic E-state index is 12.0. The predicted molar refractivity (Wildman–Crippen MR) is 69.2 cm³/mol. The van der Waals surface area contributed by atoms with E-state index in [4.69, 9.17) is 5.26 Å². The summed E-state index contributed by atoms with van der Waals surface area (Å²) in [7, 11) is 0. The SMILES string of the molecule is CC[C@@H](CC#N)NC(=O)c1cc2ccccn2c1. The first-order valence-corrected chi connectivity index (χ1v) is 5.99. The fourth-order valence-corrected chi connectivity index (χ4v) is 1.86. The summed E-state index contributed by atoms with van der Waals surface area (Å²) in [6, 6.07) is 9.64. The highest BCUT2D eigenvalue weighted by molar-refractivity contribution is 5.95. The largest absolute Gasteiger partial charge is 0.348 e. The topological polar surface area (TPSA) is 57.3 Å². The summed E-state index contributed by atoms with van der Waals surface area (Å²) < 4.78 is 1.90. The Labute approximate surface area is 106 Å². The Hall–Kier alpha value is -2.28. The molecule has 0 radical (unpaired) electrons. The molecule has 2 heterocycles. The van der Waals surface area contributed by atoms with Gasteiger partial charge < -0.3 is 9.72 Å². The van der Waals surface area contributed by atoms with Crippen molar-refractivity contribution in [1.29, 1.82) is 5.26 Å². The molecule has 0 saturated heterocycles. The van der Waals surface area contributed by atoms with E-state index in [1.165, 1.54) is 0 Å². The fourth-order valence-electron chi connectivity index (χ4n) is 1.86. The number of hydrogen-bond donors (Lipinski definition) is 1.